The summed E-state index contributed by atoms with van der Waals surface area (Å²) in [5.41, 5.74) is 2.34. The second kappa shape index (κ2) is 6.31. The molecule has 0 aliphatic carbocycles. The van der Waals surface area contributed by atoms with Gasteiger partial charge in [0.25, 0.3) is 0 Å². The fraction of sp³-hybridized carbons (Fsp3) is 0.118. The topological polar surface area (TPSA) is 76.0 Å². The molecule has 0 spiro atoms. The van der Waals surface area contributed by atoms with Gasteiger partial charge in [-0.1, -0.05) is 6.07 Å². The Hall–Kier alpha value is -3.15. The van der Waals surface area contributed by atoms with Crippen LogP contribution in [0.1, 0.15) is 6.92 Å². The van der Waals surface area contributed by atoms with Crippen molar-refractivity contribution in [2.45, 2.75) is 13.5 Å². The van der Waals surface area contributed by atoms with Crippen LogP contribution < -0.4 is 10.6 Å². The molecule has 3 rings (SSSR count). The maximum atomic E-state index is 12.2. The molecule has 6 nitrogen and oxygen atoms in total. The minimum absolute atomic E-state index is 0.124. The van der Waals surface area contributed by atoms with Crippen molar-refractivity contribution in [1.29, 1.82) is 0 Å². The molecular weight excluding hydrogens is 292 g/mol. The lowest BCUT2D eigenvalue weighted by atomic mass is 10.2. The molecule has 2 heterocycles. The standard InChI is InChI=1S/C17H16N4O2/c1-12(22)19-15-3-2-4-16-14(15)7-10-21(16)11-17(23)20-13-5-8-18-9-6-13/h2-10H,11H2,1H3,(H,19,22)(H,18,20,23). The Morgan fingerprint density at radius 3 is 2.61 bits per heavy atom. The largest absolute Gasteiger partial charge is 0.338 e. The van der Waals surface area contributed by atoms with Crippen molar-refractivity contribution in [3.05, 3.63) is 55.0 Å². The van der Waals surface area contributed by atoms with Crippen LogP contribution in [0, 0.1) is 0 Å². The monoisotopic (exact) mass is 308 g/mol. The highest BCUT2D eigenvalue weighted by Gasteiger charge is 2.09. The van der Waals surface area contributed by atoms with Gasteiger partial charge >= 0.3 is 0 Å². The molecule has 0 bridgehead atoms. The van der Waals surface area contributed by atoms with Gasteiger partial charge in [0.15, 0.2) is 0 Å². The Labute approximate surface area is 133 Å². The Morgan fingerprint density at radius 1 is 1.09 bits per heavy atom. The molecule has 3 aromatic rings. The summed E-state index contributed by atoms with van der Waals surface area (Å²) >= 11 is 0. The predicted octanol–water partition coefficient (Wildman–Crippen LogP) is 2.63. The summed E-state index contributed by atoms with van der Waals surface area (Å²) < 4.78 is 1.84. The highest BCUT2D eigenvalue weighted by molar-refractivity contribution is 6.01. The lowest BCUT2D eigenvalue weighted by molar-refractivity contribution is -0.116. The van der Waals surface area contributed by atoms with Crippen LogP contribution in [0.2, 0.25) is 0 Å². The normalized spacial score (nSPS) is 10.5. The molecule has 23 heavy (non-hydrogen) atoms. The summed E-state index contributed by atoms with van der Waals surface area (Å²) in [6, 6.07) is 11.0. The van der Waals surface area contributed by atoms with E-state index in [1.54, 1.807) is 24.5 Å². The first-order valence-corrected chi connectivity index (χ1v) is 7.19. The second-order valence-corrected chi connectivity index (χ2v) is 5.15. The Balaban J connectivity index is 1.81. The molecule has 0 fully saturated rings. The van der Waals surface area contributed by atoms with Crippen molar-refractivity contribution >= 4 is 34.1 Å². The van der Waals surface area contributed by atoms with E-state index in [1.807, 2.05) is 35.0 Å². The van der Waals surface area contributed by atoms with Crippen LogP contribution in [0.25, 0.3) is 10.9 Å². The summed E-state index contributed by atoms with van der Waals surface area (Å²) in [7, 11) is 0. The fourth-order valence-corrected chi connectivity index (χ4v) is 2.45. The number of nitrogens with zero attached hydrogens (tertiary/aromatic N) is 2. The number of carbonyl (C=O) groups excluding carboxylic acids is 2. The molecule has 0 saturated carbocycles. The minimum Gasteiger partial charge on any atom is -0.338 e. The molecule has 0 aliphatic heterocycles. The van der Waals surface area contributed by atoms with E-state index in [4.69, 9.17) is 0 Å². The van der Waals surface area contributed by atoms with Crippen LogP contribution >= 0.6 is 0 Å². The zero-order chi connectivity index (χ0) is 16.2. The van der Waals surface area contributed by atoms with Gasteiger partial charge in [-0.2, -0.15) is 0 Å². The fourth-order valence-electron chi connectivity index (χ4n) is 2.45. The molecule has 2 aromatic heterocycles. The van der Waals surface area contributed by atoms with Crippen LogP contribution in [-0.4, -0.2) is 21.4 Å². The molecule has 6 heteroatoms. The van der Waals surface area contributed by atoms with Crippen molar-refractivity contribution in [1.82, 2.24) is 9.55 Å². The number of fused-ring (bicyclic) bond motifs is 1. The lowest BCUT2D eigenvalue weighted by Gasteiger charge is -2.08. The third-order valence-electron chi connectivity index (χ3n) is 3.40. The molecule has 0 radical (unpaired) electrons. The van der Waals surface area contributed by atoms with E-state index in [9.17, 15) is 9.59 Å². The van der Waals surface area contributed by atoms with E-state index in [0.717, 1.165) is 16.6 Å². The van der Waals surface area contributed by atoms with Crippen LogP contribution in [0.3, 0.4) is 0 Å². The van der Waals surface area contributed by atoms with Crippen molar-refractivity contribution in [2.24, 2.45) is 0 Å². The quantitative estimate of drug-likeness (QED) is 0.778. The predicted molar refractivity (Wildman–Crippen MR) is 89.1 cm³/mol. The highest BCUT2D eigenvalue weighted by Crippen LogP contribution is 2.24. The SMILES string of the molecule is CC(=O)Nc1cccc2c1ccn2CC(=O)Nc1ccncc1. The third kappa shape index (κ3) is 3.37. The number of hydrogen-bond donors (Lipinski definition) is 2. The van der Waals surface area contributed by atoms with Gasteiger partial charge in [0, 0.05) is 36.6 Å². The number of pyridine rings is 1. The summed E-state index contributed by atoms with van der Waals surface area (Å²) in [6.07, 6.45) is 5.09. The maximum Gasteiger partial charge on any atom is 0.244 e. The lowest BCUT2D eigenvalue weighted by Crippen LogP contribution is -2.18. The van der Waals surface area contributed by atoms with Gasteiger partial charge in [-0.25, -0.2) is 0 Å². The van der Waals surface area contributed by atoms with E-state index < -0.39 is 0 Å². The van der Waals surface area contributed by atoms with E-state index in [1.165, 1.54) is 6.92 Å². The van der Waals surface area contributed by atoms with Gasteiger partial charge < -0.3 is 15.2 Å². The average Bonchev–Trinajstić information content (AvgIpc) is 2.92. The smallest absolute Gasteiger partial charge is 0.244 e. The zero-order valence-corrected chi connectivity index (χ0v) is 12.6. The second-order valence-electron chi connectivity index (χ2n) is 5.15. The zero-order valence-electron chi connectivity index (χ0n) is 12.6. The van der Waals surface area contributed by atoms with E-state index in [0.29, 0.717) is 5.69 Å². The summed E-state index contributed by atoms with van der Waals surface area (Å²) in [4.78, 5) is 27.3. The third-order valence-corrected chi connectivity index (χ3v) is 3.40. The number of benzene rings is 1. The van der Waals surface area contributed by atoms with Crippen LogP contribution in [0.4, 0.5) is 11.4 Å². The van der Waals surface area contributed by atoms with Gasteiger partial charge in [-0.15, -0.1) is 0 Å². The Morgan fingerprint density at radius 2 is 1.87 bits per heavy atom. The molecule has 0 saturated heterocycles. The summed E-state index contributed by atoms with van der Waals surface area (Å²) in [6.45, 7) is 1.66. The van der Waals surface area contributed by atoms with E-state index in [-0.39, 0.29) is 18.4 Å². The van der Waals surface area contributed by atoms with Gasteiger partial charge in [0.05, 0.1) is 11.2 Å². The minimum atomic E-state index is -0.126. The number of rotatable bonds is 4. The van der Waals surface area contributed by atoms with Crippen molar-refractivity contribution in [3.8, 4) is 0 Å². The first kappa shape index (κ1) is 14.8. The molecule has 2 amide bonds. The number of amides is 2. The summed E-state index contributed by atoms with van der Waals surface area (Å²) in [5, 5.41) is 6.52. The Bertz CT molecular complexity index is 855. The van der Waals surface area contributed by atoms with Gasteiger partial charge in [-0.05, 0) is 30.3 Å². The molecule has 1 aromatic carbocycles. The van der Waals surface area contributed by atoms with Crippen LogP contribution in [0.5, 0.6) is 0 Å². The number of hydrogen-bond acceptors (Lipinski definition) is 3. The van der Waals surface area contributed by atoms with Crippen molar-refractivity contribution in [2.75, 3.05) is 10.6 Å². The molecule has 0 aliphatic rings. The number of anilines is 2. The number of aromatic nitrogens is 2. The van der Waals surface area contributed by atoms with Gasteiger partial charge in [0.2, 0.25) is 11.8 Å². The molecule has 2 N–H and O–H groups in total. The molecule has 0 atom stereocenters. The first-order chi connectivity index (χ1) is 11.1. The van der Waals surface area contributed by atoms with Crippen molar-refractivity contribution < 1.29 is 9.59 Å². The van der Waals surface area contributed by atoms with Gasteiger partial charge in [-0.3, -0.25) is 14.6 Å². The first-order valence-electron chi connectivity index (χ1n) is 7.19. The van der Waals surface area contributed by atoms with Crippen LogP contribution in [0.15, 0.2) is 55.0 Å². The number of carbonyl (C=O) groups is 2. The van der Waals surface area contributed by atoms with Crippen LogP contribution in [-0.2, 0) is 16.1 Å². The molecule has 116 valence electrons. The highest BCUT2D eigenvalue weighted by atomic mass is 16.2. The average molecular weight is 308 g/mol. The maximum absolute atomic E-state index is 12.2. The van der Waals surface area contributed by atoms with Gasteiger partial charge in [0.1, 0.15) is 6.54 Å². The Kier molecular flexibility index (Phi) is 4.05. The summed E-state index contributed by atoms with van der Waals surface area (Å²) in [5.74, 6) is -0.251. The van der Waals surface area contributed by atoms with E-state index in [2.05, 4.69) is 15.6 Å². The van der Waals surface area contributed by atoms with E-state index >= 15 is 0 Å². The molecular formula is C17H16N4O2. The van der Waals surface area contributed by atoms with Crippen molar-refractivity contribution in [3.63, 3.8) is 0 Å². The molecule has 0 unspecified atom stereocenters. The number of nitrogens with one attached hydrogen (secondary N) is 2.